The van der Waals surface area contributed by atoms with Crippen molar-refractivity contribution in [3.8, 4) is 0 Å². The van der Waals surface area contributed by atoms with E-state index in [4.69, 9.17) is 32.7 Å². The zero-order chi connectivity index (χ0) is 13.2. The van der Waals surface area contributed by atoms with Crippen LogP contribution < -0.4 is 5.32 Å². The minimum absolute atomic E-state index is 0.596. The Morgan fingerprint density at radius 1 is 1.17 bits per heavy atom. The summed E-state index contributed by atoms with van der Waals surface area (Å²) < 4.78 is 10.2. The van der Waals surface area contributed by atoms with Gasteiger partial charge in [-0.25, -0.2) is 0 Å². The molecule has 0 spiro atoms. The molecule has 0 unspecified atom stereocenters. The van der Waals surface area contributed by atoms with E-state index in [0.717, 1.165) is 31.7 Å². The zero-order valence-electron chi connectivity index (χ0n) is 10.5. The smallest absolute Gasteiger partial charge is 0.0700 e. The molecule has 18 heavy (non-hydrogen) atoms. The molecule has 0 aliphatic carbocycles. The van der Waals surface area contributed by atoms with Gasteiger partial charge in [0.2, 0.25) is 0 Å². The van der Waals surface area contributed by atoms with Gasteiger partial charge in [0.25, 0.3) is 0 Å². The maximum absolute atomic E-state index is 6.08. The second kappa shape index (κ2) is 9.59. The van der Waals surface area contributed by atoms with Crippen LogP contribution in [0.25, 0.3) is 0 Å². The number of ether oxygens (including phenoxy) is 2. The van der Waals surface area contributed by atoms with Crippen LogP contribution in [0.5, 0.6) is 0 Å². The van der Waals surface area contributed by atoms with Crippen LogP contribution in [0.1, 0.15) is 12.0 Å². The second-order valence-corrected chi connectivity index (χ2v) is 4.63. The van der Waals surface area contributed by atoms with Gasteiger partial charge in [-0.05, 0) is 24.6 Å². The monoisotopic (exact) mass is 291 g/mol. The highest BCUT2D eigenvalue weighted by atomic mass is 35.5. The third-order valence-corrected chi connectivity index (χ3v) is 3.28. The molecule has 1 rings (SSSR count). The van der Waals surface area contributed by atoms with Crippen LogP contribution in [0.15, 0.2) is 18.2 Å². The standard InChI is InChI=1S/C13H19Cl2NO2/c1-17-8-9-18-7-3-6-16-10-11-4-2-5-12(14)13(11)15/h2,4-5,16H,3,6-10H2,1H3. The lowest BCUT2D eigenvalue weighted by atomic mass is 10.2. The van der Waals surface area contributed by atoms with E-state index in [-0.39, 0.29) is 0 Å². The third-order valence-electron chi connectivity index (χ3n) is 2.42. The van der Waals surface area contributed by atoms with Crippen molar-refractivity contribution >= 4 is 23.2 Å². The fraction of sp³-hybridized carbons (Fsp3) is 0.538. The third kappa shape index (κ3) is 6.03. The van der Waals surface area contributed by atoms with Crippen LogP contribution >= 0.6 is 23.2 Å². The fourth-order valence-electron chi connectivity index (χ4n) is 1.45. The van der Waals surface area contributed by atoms with Crippen molar-refractivity contribution in [1.82, 2.24) is 5.32 Å². The summed E-state index contributed by atoms with van der Waals surface area (Å²) in [7, 11) is 1.67. The summed E-state index contributed by atoms with van der Waals surface area (Å²) in [6, 6.07) is 5.66. The number of rotatable bonds is 9. The lowest BCUT2D eigenvalue weighted by Gasteiger charge is -2.08. The van der Waals surface area contributed by atoms with Gasteiger partial charge in [-0.2, -0.15) is 0 Å². The molecule has 3 nitrogen and oxygen atoms in total. The number of nitrogens with one attached hydrogen (secondary N) is 1. The summed E-state index contributed by atoms with van der Waals surface area (Å²) in [5, 5.41) is 4.53. The highest BCUT2D eigenvalue weighted by Gasteiger charge is 2.03. The molecular weight excluding hydrogens is 273 g/mol. The van der Waals surface area contributed by atoms with E-state index in [9.17, 15) is 0 Å². The van der Waals surface area contributed by atoms with Gasteiger partial charge < -0.3 is 14.8 Å². The van der Waals surface area contributed by atoms with Gasteiger partial charge in [0.1, 0.15) is 0 Å². The summed E-state index contributed by atoms with van der Waals surface area (Å²) in [6.45, 7) is 3.63. The van der Waals surface area contributed by atoms with Crippen molar-refractivity contribution in [2.45, 2.75) is 13.0 Å². The Morgan fingerprint density at radius 3 is 2.78 bits per heavy atom. The van der Waals surface area contributed by atoms with Crippen molar-refractivity contribution in [3.05, 3.63) is 33.8 Å². The number of benzene rings is 1. The first kappa shape index (κ1) is 15.7. The summed E-state index contributed by atoms with van der Waals surface area (Å²) in [5.41, 5.74) is 1.02. The second-order valence-electron chi connectivity index (χ2n) is 3.85. The largest absolute Gasteiger partial charge is 0.382 e. The number of hydrogen-bond donors (Lipinski definition) is 1. The molecule has 0 atom stereocenters. The molecule has 102 valence electrons. The molecule has 1 aromatic rings. The van der Waals surface area contributed by atoms with Crippen molar-refractivity contribution in [3.63, 3.8) is 0 Å². The molecule has 0 amide bonds. The van der Waals surface area contributed by atoms with Gasteiger partial charge in [-0.15, -0.1) is 0 Å². The van der Waals surface area contributed by atoms with Gasteiger partial charge in [0.15, 0.2) is 0 Å². The maximum atomic E-state index is 6.08. The van der Waals surface area contributed by atoms with Crippen LogP contribution in [0.2, 0.25) is 10.0 Å². The molecular formula is C13H19Cl2NO2. The first-order valence-electron chi connectivity index (χ1n) is 5.96. The summed E-state index contributed by atoms with van der Waals surface area (Å²) in [6.07, 6.45) is 0.960. The fourth-order valence-corrected chi connectivity index (χ4v) is 1.84. The van der Waals surface area contributed by atoms with Gasteiger partial charge in [0, 0.05) is 20.3 Å². The average Bonchev–Trinajstić information content (AvgIpc) is 2.37. The molecule has 0 saturated carbocycles. The van der Waals surface area contributed by atoms with Crippen LogP contribution in [0.4, 0.5) is 0 Å². The first-order chi connectivity index (χ1) is 8.75. The van der Waals surface area contributed by atoms with Crippen LogP contribution in [-0.2, 0) is 16.0 Å². The Kier molecular flexibility index (Phi) is 8.38. The van der Waals surface area contributed by atoms with Crippen LogP contribution in [0.3, 0.4) is 0 Å². The number of methoxy groups -OCH3 is 1. The predicted molar refractivity (Wildman–Crippen MR) is 75.5 cm³/mol. The molecule has 0 heterocycles. The maximum Gasteiger partial charge on any atom is 0.0700 e. The molecule has 1 aromatic carbocycles. The van der Waals surface area contributed by atoms with E-state index < -0.39 is 0 Å². The molecule has 0 radical (unpaired) electrons. The summed E-state index contributed by atoms with van der Waals surface area (Å²) >= 11 is 12.0. The molecule has 0 bridgehead atoms. The first-order valence-corrected chi connectivity index (χ1v) is 6.71. The summed E-state index contributed by atoms with van der Waals surface area (Å²) in [5.74, 6) is 0. The Morgan fingerprint density at radius 2 is 2.00 bits per heavy atom. The highest BCUT2D eigenvalue weighted by molar-refractivity contribution is 6.42. The van der Waals surface area contributed by atoms with Gasteiger partial charge in [-0.1, -0.05) is 35.3 Å². The lowest BCUT2D eigenvalue weighted by molar-refractivity contribution is 0.0695. The van der Waals surface area contributed by atoms with Crippen molar-refractivity contribution in [2.75, 3.05) is 33.5 Å². The van der Waals surface area contributed by atoms with E-state index in [1.54, 1.807) is 13.2 Å². The summed E-state index contributed by atoms with van der Waals surface area (Å²) in [4.78, 5) is 0. The molecule has 0 aliphatic heterocycles. The zero-order valence-corrected chi connectivity index (χ0v) is 12.1. The van der Waals surface area contributed by atoms with Crippen molar-refractivity contribution in [1.29, 1.82) is 0 Å². The Balaban J connectivity index is 2.09. The Hall–Kier alpha value is -0.320. The van der Waals surface area contributed by atoms with E-state index in [1.807, 2.05) is 12.1 Å². The van der Waals surface area contributed by atoms with Crippen LogP contribution in [-0.4, -0.2) is 33.5 Å². The van der Waals surface area contributed by atoms with Crippen LogP contribution in [0, 0.1) is 0 Å². The predicted octanol–water partition coefficient (Wildman–Crippen LogP) is 3.14. The quantitative estimate of drug-likeness (QED) is 0.709. The van der Waals surface area contributed by atoms with Gasteiger partial charge in [-0.3, -0.25) is 0 Å². The molecule has 5 heteroatoms. The molecule has 0 saturated heterocycles. The SMILES string of the molecule is COCCOCCCNCc1cccc(Cl)c1Cl. The topological polar surface area (TPSA) is 30.5 Å². The Labute approximate surface area is 118 Å². The van der Waals surface area contributed by atoms with Gasteiger partial charge in [0.05, 0.1) is 23.3 Å². The normalized spacial score (nSPS) is 10.8. The van der Waals surface area contributed by atoms with Gasteiger partial charge >= 0.3 is 0 Å². The minimum Gasteiger partial charge on any atom is -0.382 e. The molecule has 0 aliphatic rings. The minimum atomic E-state index is 0.596. The highest BCUT2D eigenvalue weighted by Crippen LogP contribution is 2.25. The van der Waals surface area contributed by atoms with E-state index in [1.165, 1.54) is 0 Å². The van der Waals surface area contributed by atoms with E-state index >= 15 is 0 Å². The molecule has 0 aromatic heterocycles. The number of halogens is 2. The molecule has 0 fully saturated rings. The van der Waals surface area contributed by atoms with E-state index in [0.29, 0.717) is 23.3 Å². The lowest BCUT2D eigenvalue weighted by Crippen LogP contribution is -2.17. The molecule has 1 N–H and O–H groups in total. The average molecular weight is 292 g/mol. The van der Waals surface area contributed by atoms with Crippen molar-refractivity contribution < 1.29 is 9.47 Å². The number of hydrogen-bond acceptors (Lipinski definition) is 3. The Bertz CT molecular complexity index is 348. The van der Waals surface area contributed by atoms with Crippen molar-refractivity contribution in [2.24, 2.45) is 0 Å². The van der Waals surface area contributed by atoms with E-state index in [2.05, 4.69) is 5.32 Å².